The van der Waals surface area contributed by atoms with Gasteiger partial charge in [0.25, 0.3) is 0 Å². The van der Waals surface area contributed by atoms with Crippen LogP contribution in [0.15, 0.2) is 24.3 Å². The van der Waals surface area contributed by atoms with E-state index in [9.17, 15) is 0 Å². The van der Waals surface area contributed by atoms with E-state index in [4.69, 9.17) is 4.74 Å². The predicted octanol–water partition coefficient (Wildman–Crippen LogP) is 3.97. The Hall–Kier alpha value is -0.860. The molecule has 1 aromatic rings. The standard InChI is InChI=1S/C18H31NO/c1-7-19-16(17(20-8-2)18(4,5)6)13-15-11-9-10-14(3)12-15/h9-12,16-17,19H,7-8,13H2,1-6H3. The fraction of sp³-hybridized carbons (Fsp3) is 0.667. The number of rotatable bonds is 7. The van der Waals surface area contributed by atoms with E-state index in [0.29, 0.717) is 6.04 Å². The maximum Gasteiger partial charge on any atom is 0.0779 e. The highest BCUT2D eigenvalue weighted by Gasteiger charge is 2.32. The van der Waals surface area contributed by atoms with Crippen molar-refractivity contribution < 1.29 is 4.74 Å². The molecule has 2 nitrogen and oxygen atoms in total. The molecule has 0 bridgehead atoms. The van der Waals surface area contributed by atoms with Crippen LogP contribution < -0.4 is 5.32 Å². The van der Waals surface area contributed by atoms with E-state index in [0.717, 1.165) is 19.6 Å². The molecule has 2 unspecified atom stereocenters. The first kappa shape index (κ1) is 17.2. The molecule has 114 valence electrons. The molecule has 0 aliphatic carbocycles. The van der Waals surface area contributed by atoms with Gasteiger partial charge in [0.15, 0.2) is 0 Å². The van der Waals surface area contributed by atoms with Crippen molar-refractivity contribution in [3.63, 3.8) is 0 Å². The molecule has 2 atom stereocenters. The molecule has 0 saturated carbocycles. The summed E-state index contributed by atoms with van der Waals surface area (Å²) in [5, 5.41) is 3.62. The second-order valence-electron chi connectivity index (χ2n) is 6.60. The summed E-state index contributed by atoms with van der Waals surface area (Å²) in [7, 11) is 0. The van der Waals surface area contributed by atoms with Gasteiger partial charge < -0.3 is 10.1 Å². The first-order valence-corrected chi connectivity index (χ1v) is 7.79. The number of likely N-dealkylation sites (N-methyl/N-ethyl adjacent to an activating group) is 1. The lowest BCUT2D eigenvalue weighted by molar-refractivity contribution is -0.0352. The lowest BCUT2D eigenvalue weighted by Crippen LogP contribution is -2.49. The maximum atomic E-state index is 6.06. The minimum atomic E-state index is 0.132. The van der Waals surface area contributed by atoms with Crippen molar-refractivity contribution >= 4 is 0 Å². The van der Waals surface area contributed by atoms with Gasteiger partial charge in [0.05, 0.1) is 6.10 Å². The molecule has 0 amide bonds. The summed E-state index contributed by atoms with van der Waals surface area (Å²) >= 11 is 0. The lowest BCUT2D eigenvalue weighted by Gasteiger charge is -2.37. The first-order valence-electron chi connectivity index (χ1n) is 7.79. The Morgan fingerprint density at radius 3 is 2.40 bits per heavy atom. The number of benzene rings is 1. The summed E-state index contributed by atoms with van der Waals surface area (Å²) < 4.78 is 6.06. The average Bonchev–Trinajstić information content (AvgIpc) is 2.34. The fourth-order valence-electron chi connectivity index (χ4n) is 2.79. The Morgan fingerprint density at radius 2 is 1.90 bits per heavy atom. The minimum Gasteiger partial charge on any atom is -0.376 e. The van der Waals surface area contributed by atoms with Crippen LogP contribution in [0.4, 0.5) is 0 Å². The quantitative estimate of drug-likeness (QED) is 0.814. The van der Waals surface area contributed by atoms with E-state index >= 15 is 0 Å². The molecule has 1 rings (SSSR count). The summed E-state index contributed by atoms with van der Waals surface area (Å²) in [5.41, 5.74) is 2.83. The zero-order chi connectivity index (χ0) is 15.2. The highest BCUT2D eigenvalue weighted by atomic mass is 16.5. The van der Waals surface area contributed by atoms with Gasteiger partial charge in [0.2, 0.25) is 0 Å². The molecule has 0 radical (unpaired) electrons. The van der Waals surface area contributed by atoms with Crippen LogP contribution in [0, 0.1) is 12.3 Å². The largest absolute Gasteiger partial charge is 0.376 e. The number of nitrogens with one attached hydrogen (secondary N) is 1. The fourth-order valence-corrected chi connectivity index (χ4v) is 2.79. The van der Waals surface area contributed by atoms with Crippen LogP contribution in [0.25, 0.3) is 0 Å². The van der Waals surface area contributed by atoms with Crippen LogP contribution in [-0.4, -0.2) is 25.3 Å². The van der Waals surface area contributed by atoms with E-state index in [1.807, 2.05) is 0 Å². The molecule has 1 aromatic carbocycles. The minimum absolute atomic E-state index is 0.132. The summed E-state index contributed by atoms with van der Waals surface area (Å²) in [6.07, 6.45) is 1.23. The lowest BCUT2D eigenvalue weighted by atomic mass is 9.82. The SMILES string of the molecule is CCNC(Cc1cccc(C)c1)C(OCC)C(C)(C)C. The van der Waals surface area contributed by atoms with Crippen LogP contribution in [0.1, 0.15) is 45.7 Å². The van der Waals surface area contributed by atoms with Crippen LogP contribution in [-0.2, 0) is 11.2 Å². The monoisotopic (exact) mass is 277 g/mol. The number of ether oxygens (including phenoxy) is 1. The van der Waals surface area contributed by atoms with E-state index in [1.54, 1.807) is 0 Å². The second kappa shape index (κ2) is 7.80. The highest BCUT2D eigenvalue weighted by Crippen LogP contribution is 2.27. The Balaban J connectivity index is 2.90. The van der Waals surface area contributed by atoms with Crippen molar-refractivity contribution in [2.45, 2.75) is 60.1 Å². The molecule has 0 spiro atoms. The highest BCUT2D eigenvalue weighted by molar-refractivity contribution is 5.23. The summed E-state index contributed by atoms with van der Waals surface area (Å²) in [5.74, 6) is 0. The predicted molar refractivity (Wildman–Crippen MR) is 87.2 cm³/mol. The molecule has 20 heavy (non-hydrogen) atoms. The Morgan fingerprint density at radius 1 is 1.20 bits per heavy atom. The molecule has 0 aliphatic rings. The maximum absolute atomic E-state index is 6.06. The van der Waals surface area contributed by atoms with Crippen LogP contribution >= 0.6 is 0 Å². The molecular formula is C18H31NO. The molecule has 0 aliphatic heterocycles. The Labute approximate surface area is 124 Å². The smallest absolute Gasteiger partial charge is 0.0779 e. The van der Waals surface area contributed by atoms with Gasteiger partial charge in [-0.1, -0.05) is 57.5 Å². The first-order chi connectivity index (χ1) is 9.38. The van der Waals surface area contributed by atoms with E-state index in [-0.39, 0.29) is 11.5 Å². The van der Waals surface area contributed by atoms with Crippen molar-refractivity contribution in [2.24, 2.45) is 5.41 Å². The van der Waals surface area contributed by atoms with Crippen molar-refractivity contribution in [3.05, 3.63) is 35.4 Å². The molecule has 0 aromatic heterocycles. The number of aryl methyl sites for hydroxylation is 1. The van der Waals surface area contributed by atoms with Crippen molar-refractivity contribution in [2.75, 3.05) is 13.2 Å². The normalized spacial score (nSPS) is 15.1. The summed E-state index contributed by atoms with van der Waals surface area (Å²) in [6.45, 7) is 14.9. The summed E-state index contributed by atoms with van der Waals surface area (Å²) in [6, 6.07) is 9.12. The van der Waals surface area contributed by atoms with Crippen molar-refractivity contribution in [1.29, 1.82) is 0 Å². The third-order valence-corrected chi connectivity index (χ3v) is 3.57. The molecular weight excluding hydrogens is 246 g/mol. The second-order valence-corrected chi connectivity index (χ2v) is 6.60. The van der Waals surface area contributed by atoms with Crippen molar-refractivity contribution in [3.8, 4) is 0 Å². The van der Waals surface area contributed by atoms with E-state index in [1.165, 1.54) is 11.1 Å². The van der Waals surface area contributed by atoms with Gasteiger partial charge in [0, 0.05) is 12.6 Å². The van der Waals surface area contributed by atoms with Gasteiger partial charge in [-0.2, -0.15) is 0 Å². The summed E-state index contributed by atoms with van der Waals surface area (Å²) in [4.78, 5) is 0. The Kier molecular flexibility index (Phi) is 6.70. The van der Waals surface area contributed by atoms with Gasteiger partial charge >= 0.3 is 0 Å². The van der Waals surface area contributed by atoms with E-state index < -0.39 is 0 Å². The topological polar surface area (TPSA) is 21.3 Å². The van der Waals surface area contributed by atoms with Crippen LogP contribution in [0.3, 0.4) is 0 Å². The zero-order valence-electron chi connectivity index (χ0n) is 14.0. The van der Waals surface area contributed by atoms with Crippen LogP contribution in [0.2, 0.25) is 0 Å². The third kappa shape index (κ3) is 5.26. The van der Waals surface area contributed by atoms with Crippen molar-refractivity contribution in [1.82, 2.24) is 5.32 Å². The van der Waals surface area contributed by atoms with Crippen LogP contribution in [0.5, 0.6) is 0 Å². The van der Waals surface area contributed by atoms with Gasteiger partial charge in [-0.3, -0.25) is 0 Å². The van der Waals surface area contributed by atoms with Gasteiger partial charge in [-0.15, -0.1) is 0 Å². The number of hydrogen-bond acceptors (Lipinski definition) is 2. The molecule has 1 N–H and O–H groups in total. The van der Waals surface area contributed by atoms with Gasteiger partial charge in [-0.25, -0.2) is 0 Å². The zero-order valence-corrected chi connectivity index (χ0v) is 14.0. The number of hydrogen-bond donors (Lipinski definition) is 1. The molecule has 0 heterocycles. The third-order valence-electron chi connectivity index (χ3n) is 3.57. The molecule has 2 heteroatoms. The average molecular weight is 277 g/mol. The molecule has 0 saturated heterocycles. The van der Waals surface area contributed by atoms with E-state index in [2.05, 4.69) is 71.1 Å². The van der Waals surface area contributed by atoms with Gasteiger partial charge in [-0.05, 0) is 37.8 Å². The molecule has 0 fully saturated rings. The Bertz CT molecular complexity index is 395. The van der Waals surface area contributed by atoms with Gasteiger partial charge in [0.1, 0.15) is 0 Å².